The Bertz CT molecular complexity index is 408. The maximum atomic E-state index is 11.8. The van der Waals surface area contributed by atoms with Crippen molar-refractivity contribution in [1.82, 2.24) is 0 Å². The molecule has 1 aromatic rings. The fourth-order valence-corrected chi connectivity index (χ4v) is 1.78. The highest BCUT2D eigenvalue weighted by Crippen LogP contribution is 2.14. The molecule has 0 aliphatic rings. The minimum Gasteiger partial charge on any atom is -0.481 e. The SMILES string of the molecule is CCC(CC)C(=O)Nc1ccc(CC(=O)O)cc1. The molecule has 18 heavy (non-hydrogen) atoms. The Balaban J connectivity index is 2.63. The third-order valence-electron chi connectivity index (χ3n) is 2.93. The van der Waals surface area contributed by atoms with Crippen LogP contribution >= 0.6 is 0 Å². The molecular formula is C14H19NO3. The third-order valence-corrected chi connectivity index (χ3v) is 2.93. The second-order valence-corrected chi connectivity index (χ2v) is 4.27. The van der Waals surface area contributed by atoms with Gasteiger partial charge in [-0.2, -0.15) is 0 Å². The van der Waals surface area contributed by atoms with Crippen molar-refractivity contribution in [2.45, 2.75) is 33.1 Å². The summed E-state index contributed by atoms with van der Waals surface area (Å²) in [6, 6.07) is 6.91. The number of carboxylic acid groups (broad SMARTS) is 1. The van der Waals surface area contributed by atoms with E-state index >= 15 is 0 Å². The van der Waals surface area contributed by atoms with Crippen LogP contribution in [0.1, 0.15) is 32.3 Å². The van der Waals surface area contributed by atoms with E-state index in [0.717, 1.165) is 18.4 Å². The highest BCUT2D eigenvalue weighted by Gasteiger charge is 2.13. The van der Waals surface area contributed by atoms with Crippen LogP contribution in [0.25, 0.3) is 0 Å². The standard InChI is InChI=1S/C14H19NO3/c1-3-11(4-2)14(18)15-12-7-5-10(6-8-12)9-13(16)17/h5-8,11H,3-4,9H2,1-2H3,(H,15,18)(H,16,17). The van der Waals surface area contributed by atoms with Gasteiger partial charge in [-0.05, 0) is 30.5 Å². The number of hydrogen-bond acceptors (Lipinski definition) is 2. The summed E-state index contributed by atoms with van der Waals surface area (Å²) >= 11 is 0. The highest BCUT2D eigenvalue weighted by molar-refractivity contribution is 5.92. The van der Waals surface area contributed by atoms with E-state index in [1.165, 1.54) is 0 Å². The predicted molar refractivity (Wildman–Crippen MR) is 70.5 cm³/mol. The molecule has 1 rings (SSSR count). The minimum absolute atomic E-state index is 0.000765. The van der Waals surface area contributed by atoms with Gasteiger partial charge in [0.15, 0.2) is 0 Å². The first-order valence-electron chi connectivity index (χ1n) is 6.18. The summed E-state index contributed by atoms with van der Waals surface area (Å²) in [6.45, 7) is 3.98. The molecule has 0 aliphatic carbocycles. The second-order valence-electron chi connectivity index (χ2n) is 4.27. The first-order valence-corrected chi connectivity index (χ1v) is 6.18. The molecule has 0 fully saturated rings. The molecule has 98 valence electrons. The van der Waals surface area contributed by atoms with Crippen molar-refractivity contribution in [1.29, 1.82) is 0 Å². The van der Waals surface area contributed by atoms with Gasteiger partial charge in [0.25, 0.3) is 0 Å². The molecule has 4 heteroatoms. The largest absolute Gasteiger partial charge is 0.481 e. The lowest BCUT2D eigenvalue weighted by molar-refractivity contribution is -0.136. The minimum atomic E-state index is -0.858. The number of amides is 1. The summed E-state index contributed by atoms with van der Waals surface area (Å²) in [5.41, 5.74) is 1.43. The molecule has 0 aromatic heterocycles. The Morgan fingerprint density at radius 1 is 1.17 bits per heavy atom. The summed E-state index contributed by atoms with van der Waals surface area (Å²) in [6.07, 6.45) is 1.64. The summed E-state index contributed by atoms with van der Waals surface area (Å²) in [5, 5.41) is 11.5. The quantitative estimate of drug-likeness (QED) is 0.814. The molecule has 4 nitrogen and oxygen atoms in total. The van der Waals surface area contributed by atoms with Crippen molar-refractivity contribution in [3.05, 3.63) is 29.8 Å². The van der Waals surface area contributed by atoms with E-state index in [1.807, 2.05) is 13.8 Å². The molecular weight excluding hydrogens is 230 g/mol. The van der Waals surface area contributed by atoms with Crippen LogP contribution in [-0.2, 0) is 16.0 Å². The van der Waals surface area contributed by atoms with Crippen LogP contribution in [-0.4, -0.2) is 17.0 Å². The maximum absolute atomic E-state index is 11.8. The van der Waals surface area contributed by atoms with Crippen molar-refractivity contribution < 1.29 is 14.7 Å². The third kappa shape index (κ3) is 4.20. The van der Waals surface area contributed by atoms with Gasteiger partial charge in [0, 0.05) is 11.6 Å². The van der Waals surface area contributed by atoms with Crippen LogP contribution in [0.3, 0.4) is 0 Å². The van der Waals surface area contributed by atoms with Crippen LogP contribution in [0.15, 0.2) is 24.3 Å². The number of hydrogen-bond donors (Lipinski definition) is 2. The molecule has 0 aliphatic heterocycles. The Morgan fingerprint density at radius 3 is 2.17 bits per heavy atom. The van der Waals surface area contributed by atoms with E-state index in [-0.39, 0.29) is 18.2 Å². The maximum Gasteiger partial charge on any atom is 0.307 e. The average Bonchev–Trinajstić information content (AvgIpc) is 2.32. The van der Waals surface area contributed by atoms with Crippen LogP contribution < -0.4 is 5.32 Å². The fourth-order valence-electron chi connectivity index (χ4n) is 1.78. The topological polar surface area (TPSA) is 66.4 Å². The summed E-state index contributed by atoms with van der Waals surface area (Å²) < 4.78 is 0. The summed E-state index contributed by atoms with van der Waals surface area (Å²) in [5.74, 6) is -0.807. The molecule has 1 aromatic carbocycles. The van der Waals surface area contributed by atoms with Crippen molar-refractivity contribution in [2.75, 3.05) is 5.32 Å². The van der Waals surface area contributed by atoms with E-state index in [9.17, 15) is 9.59 Å². The van der Waals surface area contributed by atoms with Crippen molar-refractivity contribution in [3.8, 4) is 0 Å². The number of carboxylic acids is 1. The first kappa shape index (κ1) is 14.2. The highest BCUT2D eigenvalue weighted by atomic mass is 16.4. The second kappa shape index (κ2) is 6.79. The number of nitrogens with one attached hydrogen (secondary N) is 1. The van der Waals surface area contributed by atoms with Crippen molar-refractivity contribution in [2.24, 2.45) is 5.92 Å². The number of carbonyl (C=O) groups is 2. The van der Waals surface area contributed by atoms with Crippen LogP contribution in [0.5, 0.6) is 0 Å². The fraction of sp³-hybridized carbons (Fsp3) is 0.429. The Labute approximate surface area is 107 Å². The molecule has 0 saturated carbocycles. The molecule has 0 atom stereocenters. The normalized spacial score (nSPS) is 10.4. The van der Waals surface area contributed by atoms with Gasteiger partial charge < -0.3 is 10.4 Å². The Kier molecular flexibility index (Phi) is 5.36. The number of anilines is 1. The van der Waals surface area contributed by atoms with E-state index in [4.69, 9.17) is 5.11 Å². The summed E-state index contributed by atoms with van der Waals surface area (Å²) in [4.78, 5) is 22.4. The van der Waals surface area contributed by atoms with Crippen LogP contribution in [0.2, 0.25) is 0 Å². The van der Waals surface area contributed by atoms with Crippen LogP contribution in [0.4, 0.5) is 5.69 Å². The van der Waals surface area contributed by atoms with Crippen molar-refractivity contribution in [3.63, 3.8) is 0 Å². The number of rotatable bonds is 6. The van der Waals surface area contributed by atoms with E-state index < -0.39 is 5.97 Å². The molecule has 0 heterocycles. The lowest BCUT2D eigenvalue weighted by Crippen LogP contribution is -2.21. The number of benzene rings is 1. The number of aliphatic carboxylic acids is 1. The molecule has 0 radical (unpaired) electrons. The van der Waals surface area contributed by atoms with Gasteiger partial charge in [-0.15, -0.1) is 0 Å². The van der Waals surface area contributed by atoms with Gasteiger partial charge in [0.05, 0.1) is 6.42 Å². The van der Waals surface area contributed by atoms with E-state index in [1.54, 1.807) is 24.3 Å². The van der Waals surface area contributed by atoms with Gasteiger partial charge in [0.2, 0.25) is 5.91 Å². The van der Waals surface area contributed by atoms with E-state index in [0.29, 0.717) is 5.69 Å². The number of carbonyl (C=O) groups excluding carboxylic acids is 1. The van der Waals surface area contributed by atoms with Gasteiger partial charge in [-0.3, -0.25) is 9.59 Å². The lowest BCUT2D eigenvalue weighted by atomic mass is 10.0. The molecule has 0 spiro atoms. The zero-order valence-corrected chi connectivity index (χ0v) is 10.8. The average molecular weight is 249 g/mol. The van der Waals surface area contributed by atoms with Gasteiger partial charge in [-0.1, -0.05) is 26.0 Å². The lowest BCUT2D eigenvalue weighted by Gasteiger charge is -2.12. The van der Waals surface area contributed by atoms with Gasteiger partial charge in [0.1, 0.15) is 0 Å². The molecule has 0 unspecified atom stereocenters. The molecule has 0 saturated heterocycles. The zero-order valence-electron chi connectivity index (χ0n) is 10.8. The molecule has 1 amide bonds. The van der Waals surface area contributed by atoms with Gasteiger partial charge in [-0.25, -0.2) is 0 Å². The van der Waals surface area contributed by atoms with Gasteiger partial charge >= 0.3 is 5.97 Å². The molecule has 2 N–H and O–H groups in total. The van der Waals surface area contributed by atoms with E-state index in [2.05, 4.69) is 5.32 Å². The smallest absolute Gasteiger partial charge is 0.307 e. The summed E-state index contributed by atoms with van der Waals surface area (Å²) in [7, 11) is 0. The molecule has 0 bridgehead atoms. The first-order chi connectivity index (χ1) is 8.56. The Morgan fingerprint density at radius 2 is 1.72 bits per heavy atom. The predicted octanol–water partition coefficient (Wildman–Crippen LogP) is 2.69. The Hall–Kier alpha value is -1.84. The van der Waals surface area contributed by atoms with Crippen LogP contribution in [0, 0.1) is 5.92 Å². The monoisotopic (exact) mass is 249 g/mol. The van der Waals surface area contributed by atoms with Crippen molar-refractivity contribution >= 4 is 17.6 Å². The zero-order chi connectivity index (χ0) is 13.5.